The first kappa shape index (κ1) is 19.3. The summed E-state index contributed by atoms with van der Waals surface area (Å²) in [7, 11) is 0. The molecule has 1 aromatic carbocycles. The van der Waals surface area contributed by atoms with Crippen molar-refractivity contribution in [1.29, 1.82) is 0 Å². The summed E-state index contributed by atoms with van der Waals surface area (Å²) < 4.78 is 12.3. The summed E-state index contributed by atoms with van der Waals surface area (Å²) in [5, 5.41) is 1.04. The summed E-state index contributed by atoms with van der Waals surface area (Å²) in [5.41, 5.74) is 3.66. The molecule has 150 valence electrons. The Morgan fingerprint density at radius 1 is 1.18 bits per heavy atom. The summed E-state index contributed by atoms with van der Waals surface area (Å²) in [4.78, 5) is 12.1. The van der Waals surface area contributed by atoms with Crippen molar-refractivity contribution in [3.8, 4) is 5.75 Å². The highest BCUT2D eigenvalue weighted by Gasteiger charge is 2.40. The van der Waals surface area contributed by atoms with Crippen LogP contribution in [0.4, 0.5) is 0 Å². The largest absolute Gasteiger partial charge is 0.482 e. The first-order chi connectivity index (χ1) is 13.2. The van der Waals surface area contributed by atoms with Crippen molar-refractivity contribution in [3.05, 3.63) is 45.3 Å². The Morgan fingerprint density at radius 2 is 1.89 bits per heavy atom. The Morgan fingerprint density at radius 3 is 2.54 bits per heavy atom. The number of benzene rings is 1. The molecule has 1 aliphatic heterocycles. The molecule has 0 bridgehead atoms. The maximum atomic E-state index is 12.1. The molecule has 0 amide bonds. The maximum absolute atomic E-state index is 12.1. The predicted molar refractivity (Wildman–Crippen MR) is 115 cm³/mol. The van der Waals surface area contributed by atoms with Crippen molar-refractivity contribution in [3.63, 3.8) is 0 Å². The Bertz CT molecular complexity index is 979. The van der Waals surface area contributed by atoms with Crippen LogP contribution in [0.3, 0.4) is 0 Å². The number of rotatable bonds is 2. The molecule has 0 radical (unpaired) electrons. The Hall–Kier alpha value is -2.03. The summed E-state index contributed by atoms with van der Waals surface area (Å²) in [6.45, 7) is 11.2. The van der Waals surface area contributed by atoms with Crippen LogP contribution in [-0.2, 0) is 6.42 Å². The zero-order chi connectivity index (χ0) is 20.1. The van der Waals surface area contributed by atoms with Crippen molar-refractivity contribution in [2.45, 2.75) is 78.7 Å². The molecule has 3 heteroatoms. The van der Waals surface area contributed by atoms with Crippen LogP contribution in [0.5, 0.6) is 5.75 Å². The fraction of sp³-hybridized carbons (Fsp3) is 0.560. The minimum atomic E-state index is -0.272. The number of aryl methyl sites for hydroxylation is 2. The van der Waals surface area contributed by atoms with Gasteiger partial charge in [0.1, 0.15) is 16.9 Å². The highest BCUT2D eigenvalue weighted by molar-refractivity contribution is 5.89. The Kier molecular flexibility index (Phi) is 4.68. The van der Waals surface area contributed by atoms with Gasteiger partial charge in [-0.15, -0.1) is 0 Å². The van der Waals surface area contributed by atoms with Gasteiger partial charge in [0.15, 0.2) is 0 Å². The Labute approximate surface area is 167 Å². The van der Waals surface area contributed by atoms with Gasteiger partial charge in [0.2, 0.25) is 0 Å². The van der Waals surface area contributed by atoms with E-state index in [4.69, 9.17) is 9.15 Å². The second-order valence-electron chi connectivity index (χ2n) is 9.78. The summed E-state index contributed by atoms with van der Waals surface area (Å²) >= 11 is 0. The molecule has 28 heavy (non-hydrogen) atoms. The molecule has 1 fully saturated rings. The van der Waals surface area contributed by atoms with Gasteiger partial charge in [-0.05, 0) is 68.1 Å². The molecule has 1 spiro atoms. The van der Waals surface area contributed by atoms with E-state index in [1.165, 1.54) is 12.8 Å². The van der Waals surface area contributed by atoms with Crippen molar-refractivity contribution in [2.75, 3.05) is 0 Å². The molecule has 0 saturated heterocycles. The lowest BCUT2D eigenvalue weighted by atomic mass is 9.68. The van der Waals surface area contributed by atoms with Gasteiger partial charge >= 0.3 is 5.63 Å². The van der Waals surface area contributed by atoms with E-state index >= 15 is 0 Å². The van der Waals surface area contributed by atoms with Crippen molar-refractivity contribution in [2.24, 2.45) is 11.3 Å². The van der Waals surface area contributed by atoms with Gasteiger partial charge in [-0.3, -0.25) is 0 Å². The lowest BCUT2D eigenvalue weighted by molar-refractivity contribution is 0.0317. The fourth-order valence-corrected chi connectivity index (χ4v) is 4.98. The van der Waals surface area contributed by atoms with Crippen LogP contribution < -0.4 is 10.4 Å². The molecule has 2 heterocycles. The summed E-state index contributed by atoms with van der Waals surface area (Å²) in [6.07, 6.45) is 10.8. The second kappa shape index (κ2) is 6.79. The molecule has 0 atom stereocenters. The SMILES string of the molecule is CCCc1cc(=O)oc2c(C)c3c(cc12)C=CC1(CCC(C(C)(C)C)CC1)O3. The highest BCUT2D eigenvalue weighted by Crippen LogP contribution is 2.47. The van der Waals surface area contributed by atoms with Gasteiger partial charge in [0.25, 0.3) is 0 Å². The normalized spacial score (nSPS) is 24.4. The third-order valence-corrected chi connectivity index (χ3v) is 6.78. The van der Waals surface area contributed by atoms with Crippen molar-refractivity contribution >= 4 is 17.0 Å². The smallest absolute Gasteiger partial charge is 0.336 e. The topological polar surface area (TPSA) is 39.4 Å². The van der Waals surface area contributed by atoms with Gasteiger partial charge in [0, 0.05) is 22.6 Å². The van der Waals surface area contributed by atoms with E-state index in [-0.39, 0.29) is 11.2 Å². The zero-order valence-electron chi connectivity index (χ0n) is 17.9. The number of fused-ring (bicyclic) bond motifs is 2. The minimum Gasteiger partial charge on any atom is -0.482 e. The monoisotopic (exact) mass is 380 g/mol. The third-order valence-electron chi connectivity index (χ3n) is 6.78. The van der Waals surface area contributed by atoms with Crippen LogP contribution in [0.25, 0.3) is 17.0 Å². The van der Waals surface area contributed by atoms with Crippen molar-refractivity contribution in [1.82, 2.24) is 0 Å². The van der Waals surface area contributed by atoms with Crippen LogP contribution >= 0.6 is 0 Å². The van der Waals surface area contributed by atoms with E-state index in [0.29, 0.717) is 11.0 Å². The van der Waals surface area contributed by atoms with Crippen LogP contribution in [0, 0.1) is 18.3 Å². The fourth-order valence-electron chi connectivity index (χ4n) is 4.98. The molecule has 2 aliphatic rings. The van der Waals surface area contributed by atoms with E-state index < -0.39 is 0 Å². The van der Waals surface area contributed by atoms with Gasteiger partial charge < -0.3 is 9.15 Å². The molecule has 1 aromatic heterocycles. The highest BCUT2D eigenvalue weighted by atomic mass is 16.5. The molecule has 0 unspecified atom stereocenters. The average molecular weight is 381 g/mol. The lowest BCUT2D eigenvalue weighted by Gasteiger charge is -2.44. The van der Waals surface area contributed by atoms with E-state index in [9.17, 15) is 4.79 Å². The molecule has 1 aliphatic carbocycles. The standard InChI is InChI=1S/C25H32O3/c1-6-7-17-15-21(26)27-23-16(2)22-18(14-20(17)23)8-11-25(28-22)12-9-19(10-13-25)24(3,4)5/h8,11,14-15,19H,6-7,9-10,12-13H2,1-5H3. The zero-order valence-corrected chi connectivity index (χ0v) is 17.9. The molecule has 3 nitrogen and oxygen atoms in total. The minimum absolute atomic E-state index is 0.214. The van der Waals surface area contributed by atoms with Gasteiger partial charge in [0.05, 0.1) is 0 Å². The molecular formula is C25H32O3. The van der Waals surface area contributed by atoms with E-state index in [0.717, 1.165) is 59.4 Å². The lowest BCUT2D eigenvalue weighted by Crippen LogP contribution is -2.42. The first-order valence-electron chi connectivity index (χ1n) is 10.7. The van der Waals surface area contributed by atoms with Crippen LogP contribution in [0.15, 0.2) is 27.4 Å². The van der Waals surface area contributed by atoms with Crippen molar-refractivity contribution < 1.29 is 9.15 Å². The van der Waals surface area contributed by atoms with E-state index in [1.54, 1.807) is 6.07 Å². The number of ether oxygens (including phenoxy) is 1. The first-order valence-corrected chi connectivity index (χ1v) is 10.7. The van der Waals surface area contributed by atoms with E-state index in [1.807, 2.05) is 6.92 Å². The van der Waals surface area contributed by atoms with Gasteiger partial charge in [-0.1, -0.05) is 40.2 Å². The second-order valence-corrected chi connectivity index (χ2v) is 9.78. The third kappa shape index (κ3) is 3.29. The average Bonchev–Trinajstić information content (AvgIpc) is 2.63. The van der Waals surface area contributed by atoms with E-state index in [2.05, 4.69) is 45.9 Å². The van der Waals surface area contributed by atoms with Gasteiger partial charge in [-0.25, -0.2) is 4.79 Å². The molecule has 4 rings (SSSR count). The molecular weight excluding hydrogens is 348 g/mol. The quantitative estimate of drug-likeness (QED) is 0.563. The Balaban J connectivity index is 1.73. The van der Waals surface area contributed by atoms with Crippen LogP contribution in [0.1, 0.15) is 76.5 Å². The van der Waals surface area contributed by atoms with Gasteiger partial charge in [-0.2, -0.15) is 0 Å². The van der Waals surface area contributed by atoms with Crippen LogP contribution in [0.2, 0.25) is 0 Å². The summed E-state index contributed by atoms with van der Waals surface area (Å²) in [5.74, 6) is 1.63. The molecule has 2 aromatic rings. The number of hydrogen-bond acceptors (Lipinski definition) is 3. The summed E-state index contributed by atoms with van der Waals surface area (Å²) in [6, 6.07) is 3.77. The number of hydrogen-bond donors (Lipinski definition) is 0. The maximum Gasteiger partial charge on any atom is 0.336 e. The molecule has 1 saturated carbocycles. The van der Waals surface area contributed by atoms with Crippen LogP contribution in [-0.4, -0.2) is 5.60 Å². The molecule has 0 N–H and O–H groups in total. The predicted octanol–water partition coefficient (Wildman–Crippen LogP) is 6.43.